The quantitative estimate of drug-likeness (QED) is 0.841. The van der Waals surface area contributed by atoms with Gasteiger partial charge in [-0.25, -0.2) is 0 Å². The molecule has 1 atom stereocenters. The molecule has 0 radical (unpaired) electrons. The Kier molecular flexibility index (Phi) is 4.15. The van der Waals surface area contributed by atoms with E-state index in [1.165, 1.54) is 11.3 Å². The van der Waals surface area contributed by atoms with Crippen LogP contribution in [0, 0.1) is 0 Å². The van der Waals surface area contributed by atoms with Gasteiger partial charge in [0.15, 0.2) is 0 Å². The van der Waals surface area contributed by atoms with Crippen molar-refractivity contribution in [1.29, 1.82) is 0 Å². The number of likely N-dealkylation sites (tertiary alicyclic amines) is 1. The maximum Gasteiger partial charge on any atom is 0.264 e. The maximum atomic E-state index is 12.2. The van der Waals surface area contributed by atoms with E-state index >= 15 is 0 Å². The highest BCUT2D eigenvalue weighted by Crippen LogP contribution is 2.22. The fourth-order valence-corrected chi connectivity index (χ4v) is 2.79. The minimum Gasteiger partial charge on any atom is -0.351 e. The standard InChI is InChI=1S/C13H16N2O2S/c1-2-7-14-12(16)10-5-3-8-15(10)13(17)11-6-4-9-18-11/h2,4,6,9-10H,1,3,5,7-8H2,(H,14,16)/t10-/m0/s1. The third-order valence-corrected chi connectivity index (χ3v) is 3.83. The molecule has 1 N–H and O–H groups in total. The zero-order valence-corrected chi connectivity index (χ0v) is 10.9. The lowest BCUT2D eigenvalue weighted by Gasteiger charge is -2.23. The van der Waals surface area contributed by atoms with Crippen LogP contribution >= 0.6 is 11.3 Å². The predicted molar refractivity (Wildman–Crippen MR) is 71.6 cm³/mol. The third kappa shape index (κ3) is 2.61. The van der Waals surface area contributed by atoms with Gasteiger partial charge in [0, 0.05) is 13.1 Å². The molecule has 0 unspecified atom stereocenters. The molecule has 0 saturated carbocycles. The Bertz CT molecular complexity index is 442. The summed E-state index contributed by atoms with van der Waals surface area (Å²) in [5.74, 6) is -0.126. The van der Waals surface area contributed by atoms with Gasteiger partial charge in [0.05, 0.1) is 4.88 Å². The summed E-state index contributed by atoms with van der Waals surface area (Å²) >= 11 is 1.41. The van der Waals surface area contributed by atoms with Crippen molar-refractivity contribution >= 4 is 23.2 Å². The summed E-state index contributed by atoms with van der Waals surface area (Å²) in [5.41, 5.74) is 0. The number of nitrogens with zero attached hydrogens (tertiary/aromatic N) is 1. The maximum absolute atomic E-state index is 12.2. The van der Waals surface area contributed by atoms with Crippen molar-refractivity contribution in [1.82, 2.24) is 10.2 Å². The number of amides is 2. The van der Waals surface area contributed by atoms with Crippen molar-refractivity contribution in [2.24, 2.45) is 0 Å². The number of carbonyl (C=O) groups excluding carboxylic acids is 2. The first-order valence-corrected chi connectivity index (χ1v) is 6.85. The van der Waals surface area contributed by atoms with Crippen molar-refractivity contribution in [3.8, 4) is 0 Å². The number of hydrogen-bond donors (Lipinski definition) is 1. The van der Waals surface area contributed by atoms with Crippen LogP contribution in [0.1, 0.15) is 22.5 Å². The second-order valence-corrected chi connectivity index (χ2v) is 5.12. The number of rotatable bonds is 4. The molecule has 0 spiro atoms. The molecule has 0 aliphatic carbocycles. The van der Waals surface area contributed by atoms with Crippen LogP contribution in [0.5, 0.6) is 0 Å². The normalized spacial score (nSPS) is 18.7. The molecule has 96 valence electrons. The van der Waals surface area contributed by atoms with E-state index in [-0.39, 0.29) is 17.9 Å². The van der Waals surface area contributed by atoms with Crippen LogP contribution in [0.3, 0.4) is 0 Å². The summed E-state index contributed by atoms with van der Waals surface area (Å²) in [6, 6.07) is 3.31. The van der Waals surface area contributed by atoms with Crippen LogP contribution < -0.4 is 5.32 Å². The zero-order valence-electron chi connectivity index (χ0n) is 10.1. The van der Waals surface area contributed by atoms with Gasteiger partial charge >= 0.3 is 0 Å². The van der Waals surface area contributed by atoms with Crippen molar-refractivity contribution in [3.63, 3.8) is 0 Å². The lowest BCUT2D eigenvalue weighted by atomic mass is 10.2. The molecule has 1 saturated heterocycles. The van der Waals surface area contributed by atoms with Gasteiger partial charge in [0.2, 0.25) is 5.91 Å². The summed E-state index contributed by atoms with van der Waals surface area (Å²) in [6.07, 6.45) is 3.25. The third-order valence-electron chi connectivity index (χ3n) is 2.97. The molecule has 0 bridgehead atoms. The van der Waals surface area contributed by atoms with Gasteiger partial charge in [-0.3, -0.25) is 9.59 Å². The Morgan fingerprint density at radius 2 is 2.44 bits per heavy atom. The molecule has 4 nitrogen and oxygen atoms in total. The minimum atomic E-state index is -0.334. The fourth-order valence-electron chi connectivity index (χ4n) is 2.11. The van der Waals surface area contributed by atoms with Crippen LogP contribution in [0.4, 0.5) is 0 Å². The number of nitrogens with one attached hydrogen (secondary N) is 1. The summed E-state index contributed by atoms with van der Waals surface area (Å²) in [7, 11) is 0. The van der Waals surface area contributed by atoms with Crippen molar-refractivity contribution in [3.05, 3.63) is 35.0 Å². The fraction of sp³-hybridized carbons (Fsp3) is 0.385. The highest BCUT2D eigenvalue weighted by atomic mass is 32.1. The average molecular weight is 264 g/mol. The lowest BCUT2D eigenvalue weighted by molar-refractivity contribution is -0.124. The van der Waals surface area contributed by atoms with Gasteiger partial charge in [-0.05, 0) is 24.3 Å². The van der Waals surface area contributed by atoms with Gasteiger partial charge < -0.3 is 10.2 Å². The second-order valence-electron chi connectivity index (χ2n) is 4.17. The van der Waals surface area contributed by atoms with E-state index in [2.05, 4.69) is 11.9 Å². The first-order valence-electron chi connectivity index (χ1n) is 5.97. The first-order chi connectivity index (χ1) is 8.74. The molecule has 1 aromatic rings. The molecule has 2 amide bonds. The highest BCUT2D eigenvalue weighted by molar-refractivity contribution is 7.12. The van der Waals surface area contributed by atoms with E-state index in [9.17, 15) is 9.59 Å². The molecule has 1 fully saturated rings. The molecule has 1 aliphatic heterocycles. The predicted octanol–water partition coefficient (Wildman–Crippen LogP) is 1.65. The monoisotopic (exact) mass is 264 g/mol. The highest BCUT2D eigenvalue weighted by Gasteiger charge is 2.34. The summed E-state index contributed by atoms with van der Waals surface area (Å²) < 4.78 is 0. The summed E-state index contributed by atoms with van der Waals surface area (Å²) in [4.78, 5) is 26.5. The van der Waals surface area contributed by atoms with Crippen molar-refractivity contribution in [2.45, 2.75) is 18.9 Å². The van der Waals surface area contributed by atoms with E-state index < -0.39 is 0 Å². The van der Waals surface area contributed by atoms with E-state index in [0.717, 1.165) is 12.8 Å². The second kappa shape index (κ2) is 5.82. The number of thiophene rings is 1. The molecule has 2 heterocycles. The Labute approximate surface area is 110 Å². The van der Waals surface area contributed by atoms with E-state index in [4.69, 9.17) is 0 Å². The minimum absolute atomic E-state index is 0.0405. The van der Waals surface area contributed by atoms with Crippen LogP contribution in [-0.2, 0) is 4.79 Å². The van der Waals surface area contributed by atoms with E-state index in [1.807, 2.05) is 11.4 Å². The molecule has 2 rings (SSSR count). The molecular weight excluding hydrogens is 248 g/mol. The number of hydrogen-bond acceptors (Lipinski definition) is 3. The Morgan fingerprint density at radius 3 is 3.11 bits per heavy atom. The molecule has 5 heteroatoms. The Morgan fingerprint density at radius 1 is 1.61 bits per heavy atom. The van der Waals surface area contributed by atoms with E-state index in [0.29, 0.717) is 18.0 Å². The average Bonchev–Trinajstić information content (AvgIpc) is 3.04. The molecular formula is C13H16N2O2S. The molecule has 1 aliphatic rings. The van der Waals surface area contributed by atoms with Crippen LogP contribution in [-0.4, -0.2) is 35.8 Å². The largest absolute Gasteiger partial charge is 0.351 e. The smallest absolute Gasteiger partial charge is 0.264 e. The lowest BCUT2D eigenvalue weighted by Crippen LogP contribution is -2.45. The van der Waals surface area contributed by atoms with Crippen LogP contribution in [0.2, 0.25) is 0 Å². The molecule has 0 aromatic carbocycles. The topological polar surface area (TPSA) is 49.4 Å². The van der Waals surface area contributed by atoms with Gasteiger partial charge in [0.1, 0.15) is 6.04 Å². The van der Waals surface area contributed by atoms with Gasteiger partial charge in [-0.15, -0.1) is 17.9 Å². The molecule has 18 heavy (non-hydrogen) atoms. The number of carbonyl (C=O) groups is 2. The SMILES string of the molecule is C=CCNC(=O)[C@@H]1CCCN1C(=O)c1cccs1. The van der Waals surface area contributed by atoms with Crippen molar-refractivity contribution < 1.29 is 9.59 Å². The van der Waals surface area contributed by atoms with Gasteiger partial charge in [-0.1, -0.05) is 12.1 Å². The molecule has 1 aromatic heterocycles. The zero-order chi connectivity index (χ0) is 13.0. The van der Waals surface area contributed by atoms with Gasteiger partial charge in [0.25, 0.3) is 5.91 Å². The summed E-state index contributed by atoms with van der Waals surface area (Å²) in [5, 5.41) is 4.63. The van der Waals surface area contributed by atoms with Crippen molar-refractivity contribution in [2.75, 3.05) is 13.1 Å². The Hall–Kier alpha value is -1.62. The first kappa shape index (κ1) is 12.8. The van der Waals surface area contributed by atoms with Crippen LogP contribution in [0.15, 0.2) is 30.2 Å². The van der Waals surface area contributed by atoms with E-state index in [1.54, 1.807) is 17.0 Å². The Balaban J connectivity index is 2.05. The summed E-state index contributed by atoms with van der Waals surface area (Å²) in [6.45, 7) is 4.66. The van der Waals surface area contributed by atoms with Gasteiger partial charge in [-0.2, -0.15) is 0 Å². The van der Waals surface area contributed by atoms with Crippen LogP contribution in [0.25, 0.3) is 0 Å².